The van der Waals surface area contributed by atoms with Gasteiger partial charge in [-0.1, -0.05) is 0 Å². The van der Waals surface area contributed by atoms with E-state index in [0.29, 0.717) is 30.8 Å². The Morgan fingerprint density at radius 2 is 1.86 bits per heavy atom. The second kappa shape index (κ2) is 11.2. The van der Waals surface area contributed by atoms with E-state index in [1.54, 1.807) is 31.7 Å². The van der Waals surface area contributed by atoms with Crippen molar-refractivity contribution in [3.63, 3.8) is 0 Å². The van der Waals surface area contributed by atoms with Crippen LogP contribution in [0, 0.1) is 0 Å². The van der Waals surface area contributed by atoms with Gasteiger partial charge in [0, 0.05) is 19.6 Å². The van der Waals surface area contributed by atoms with Gasteiger partial charge in [0.15, 0.2) is 11.2 Å². The van der Waals surface area contributed by atoms with Crippen LogP contribution in [0.2, 0.25) is 0 Å². The minimum atomic E-state index is -3.23. The van der Waals surface area contributed by atoms with Crippen molar-refractivity contribution in [1.29, 1.82) is 0 Å². The van der Waals surface area contributed by atoms with Crippen LogP contribution in [-0.2, 0) is 29.7 Å². The Hall–Kier alpha value is -2.07. The number of esters is 1. The van der Waals surface area contributed by atoms with Crippen LogP contribution in [0.4, 0.5) is 0 Å². The Bertz CT molecular complexity index is 835. The molecule has 0 aliphatic carbocycles. The van der Waals surface area contributed by atoms with E-state index in [1.165, 1.54) is 6.33 Å². The van der Waals surface area contributed by atoms with Crippen LogP contribution >= 0.6 is 7.60 Å². The van der Waals surface area contributed by atoms with Crippen LogP contribution in [-0.4, -0.2) is 81.1 Å². The molecule has 2 aromatic rings. The lowest BCUT2D eigenvalue weighted by Gasteiger charge is -2.24. The zero-order valence-corrected chi connectivity index (χ0v) is 17.9. The molecule has 0 saturated heterocycles. The van der Waals surface area contributed by atoms with Gasteiger partial charge in [-0.25, -0.2) is 9.97 Å². The summed E-state index contributed by atoms with van der Waals surface area (Å²) in [6, 6.07) is 0. The van der Waals surface area contributed by atoms with Gasteiger partial charge in [0.05, 0.1) is 38.9 Å². The molecule has 0 amide bonds. The molecular weight excluding hydrogens is 401 g/mol. The van der Waals surface area contributed by atoms with Crippen molar-refractivity contribution < 1.29 is 28.3 Å². The van der Waals surface area contributed by atoms with Gasteiger partial charge in [-0.2, -0.15) is 4.98 Å². The van der Waals surface area contributed by atoms with Gasteiger partial charge in [-0.3, -0.25) is 14.3 Å². The van der Waals surface area contributed by atoms with Gasteiger partial charge in [0.25, 0.3) is 0 Å². The summed E-state index contributed by atoms with van der Waals surface area (Å²) >= 11 is 0. The quantitative estimate of drug-likeness (QED) is 0.371. The third-order valence-corrected chi connectivity index (χ3v) is 6.09. The highest BCUT2D eigenvalue weighted by Gasteiger charge is 2.25. The van der Waals surface area contributed by atoms with Gasteiger partial charge in [-0.15, -0.1) is 0 Å². The molecule has 29 heavy (non-hydrogen) atoms. The second-order valence-corrected chi connectivity index (χ2v) is 8.24. The molecule has 2 aromatic heterocycles. The Labute approximate surface area is 169 Å². The molecule has 2 heterocycles. The van der Waals surface area contributed by atoms with Gasteiger partial charge in [0.1, 0.15) is 6.33 Å². The summed E-state index contributed by atoms with van der Waals surface area (Å²) in [6.07, 6.45) is 2.96. The topological polar surface area (TPSA) is 129 Å². The van der Waals surface area contributed by atoms with Gasteiger partial charge >= 0.3 is 13.6 Å². The number of hydrogen-bond donors (Lipinski definition) is 1. The largest absolute Gasteiger partial charge is 0.492 e. The third-order valence-electron chi connectivity index (χ3n) is 4.04. The first-order valence-electron chi connectivity index (χ1n) is 9.53. The first-order valence-corrected chi connectivity index (χ1v) is 11.3. The number of ether oxygens (including phenoxy) is 1. The molecule has 0 saturated carbocycles. The highest BCUT2D eigenvalue weighted by Crippen LogP contribution is 2.47. The second-order valence-electron chi connectivity index (χ2n) is 6.06. The number of aromatic hydroxyl groups is 1. The monoisotopic (exact) mass is 429 g/mol. The third kappa shape index (κ3) is 6.74. The summed E-state index contributed by atoms with van der Waals surface area (Å²) in [5.74, 6) is -0.558. The average molecular weight is 429 g/mol. The lowest BCUT2D eigenvalue weighted by molar-refractivity contribution is -0.144. The maximum Gasteiger partial charge on any atom is 0.331 e. The molecule has 0 unspecified atom stereocenters. The van der Waals surface area contributed by atoms with Crippen molar-refractivity contribution in [1.82, 2.24) is 24.4 Å². The first-order chi connectivity index (χ1) is 13.9. The first kappa shape index (κ1) is 23.2. The minimum absolute atomic E-state index is 0.0406. The maximum atomic E-state index is 12.7. The number of carbonyl (C=O) groups is 1. The van der Waals surface area contributed by atoms with Crippen molar-refractivity contribution in [2.75, 3.05) is 45.6 Å². The van der Waals surface area contributed by atoms with E-state index in [4.69, 9.17) is 13.8 Å². The van der Waals surface area contributed by atoms with E-state index in [9.17, 15) is 14.5 Å². The number of carbonyl (C=O) groups excluding carboxylic acids is 1. The molecule has 0 aliphatic heterocycles. The molecule has 162 valence electrons. The molecule has 0 fully saturated rings. The number of hydrogen-bond acceptors (Lipinski definition) is 10. The molecule has 0 bridgehead atoms. The Balaban J connectivity index is 2.07. The Morgan fingerprint density at radius 1 is 1.14 bits per heavy atom. The van der Waals surface area contributed by atoms with E-state index in [-0.39, 0.29) is 44.4 Å². The molecule has 12 heteroatoms. The molecule has 2 rings (SSSR count). The standard InChI is InChI=1S/C17H28N5O6P/c1-4-26-14(23)11-21(9-10-29(25,27-5-2)28-6-3)7-8-22-13-20-15-16(22)18-12-19-17(15)24/h12-13H,4-11H2,1-3H3,(H,18,19,24). The highest BCUT2D eigenvalue weighted by atomic mass is 31.2. The molecule has 0 aliphatic rings. The molecule has 11 nitrogen and oxygen atoms in total. The summed E-state index contributed by atoms with van der Waals surface area (Å²) in [5.41, 5.74) is 0.796. The Kier molecular flexibility index (Phi) is 8.97. The van der Waals surface area contributed by atoms with E-state index >= 15 is 0 Å². The Morgan fingerprint density at radius 3 is 2.52 bits per heavy atom. The number of fused-ring (bicyclic) bond motifs is 1. The molecular formula is C17H28N5O6P. The molecule has 1 N–H and O–H groups in total. The van der Waals surface area contributed by atoms with E-state index in [2.05, 4.69) is 15.0 Å². The smallest absolute Gasteiger partial charge is 0.331 e. The zero-order valence-electron chi connectivity index (χ0n) is 17.0. The summed E-state index contributed by atoms with van der Waals surface area (Å²) in [6.45, 7) is 7.33. The van der Waals surface area contributed by atoms with Gasteiger partial charge in [0.2, 0.25) is 5.88 Å². The predicted octanol–water partition coefficient (Wildman–Crippen LogP) is 1.66. The maximum absolute atomic E-state index is 12.7. The number of imidazole rings is 1. The summed E-state index contributed by atoms with van der Waals surface area (Å²) in [5, 5.41) is 9.76. The van der Waals surface area contributed by atoms with Crippen LogP contribution in [0.1, 0.15) is 20.8 Å². The fourth-order valence-electron chi connectivity index (χ4n) is 2.76. The highest BCUT2D eigenvalue weighted by molar-refractivity contribution is 7.53. The lowest BCUT2D eigenvalue weighted by atomic mass is 10.4. The predicted molar refractivity (Wildman–Crippen MR) is 106 cm³/mol. The summed E-state index contributed by atoms with van der Waals surface area (Å²) < 4.78 is 30.2. The number of rotatable bonds is 13. The van der Waals surface area contributed by atoms with E-state index < -0.39 is 7.60 Å². The SMILES string of the molecule is CCOC(=O)CN(CCn1cnc2c(O)ncnc21)CCP(=O)(OCC)OCC. The van der Waals surface area contributed by atoms with Crippen LogP contribution in [0.3, 0.4) is 0 Å². The van der Waals surface area contributed by atoms with Crippen molar-refractivity contribution in [3.05, 3.63) is 12.7 Å². The summed E-state index contributed by atoms with van der Waals surface area (Å²) in [7, 11) is -3.23. The van der Waals surface area contributed by atoms with Crippen LogP contribution in [0.25, 0.3) is 11.2 Å². The van der Waals surface area contributed by atoms with E-state index in [1.807, 2.05) is 4.90 Å². The fourth-order valence-corrected chi connectivity index (χ4v) is 4.41. The molecule has 0 radical (unpaired) electrons. The zero-order chi connectivity index (χ0) is 21.3. The van der Waals surface area contributed by atoms with Crippen molar-refractivity contribution >= 4 is 24.7 Å². The molecule has 0 atom stereocenters. The number of aromatic nitrogens is 4. The van der Waals surface area contributed by atoms with Crippen molar-refractivity contribution in [2.24, 2.45) is 0 Å². The molecule has 0 spiro atoms. The minimum Gasteiger partial charge on any atom is -0.492 e. The van der Waals surface area contributed by atoms with Crippen molar-refractivity contribution in [2.45, 2.75) is 27.3 Å². The van der Waals surface area contributed by atoms with Crippen molar-refractivity contribution in [3.8, 4) is 5.88 Å². The summed E-state index contributed by atoms with van der Waals surface area (Å²) in [4.78, 5) is 25.8. The van der Waals surface area contributed by atoms with E-state index in [0.717, 1.165) is 0 Å². The van der Waals surface area contributed by atoms with Crippen LogP contribution in [0.15, 0.2) is 12.7 Å². The van der Waals surface area contributed by atoms with Gasteiger partial charge in [-0.05, 0) is 20.8 Å². The number of nitrogens with zero attached hydrogens (tertiary/aromatic N) is 5. The van der Waals surface area contributed by atoms with Crippen LogP contribution < -0.4 is 0 Å². The lowest BCUT2D eigenvalue weighted by Crippen LogP contribution is -2.36. The fraction of sp³-hybridized carbons (Fsp3) is 0.647. The molecule has 0 aromatic carbocycles. The average Bonchev–Trinajstić information content (AvgIpc) is 3.09. The van der Waals surface area contributed by atoms with Crippen LogP contribution in [0.5, 0.6) is 5.88 Å². The van der Waals surface area contributed by atoms with Gasteiger partial charge < -0.3 is 23.5 Å². The normalized spacial score (nSPS) is 12.0.